The van der Waals surface area contributed by atoms with E-state index in [4.69, 9.17) is 11.6 Å². The zero-order chi connectivity index (χ0) is 14.3. The number of piperidine rings is 1. The molecule has 0 aliphatic carbocycles. The summed E-state index contributed by atoms with van der Waals surface area (Å²) in [5.74, 6) is 0. The Kier molecular flexibility index (Phi) is 3.17. The number of aryl methyl sites for hydroxylation is 1. The maximum Gasteiger partial charge on any atom is 0.330 e. The van der Waals surface area contributed by atoms with E-state index in [1.54, 1.807) is 17.8 Å². The van der Waals surface area contributed by atoms with Gasteiger partial charge in [0.25, 0.3) is 0 Å². The molecule has 2 aromatic rings. The van der Waals surface area contributed by atoms with Gasteiger partial charge in [0.15, 0.2) is 5.65 Å². The number of fused-ring (bicyclic) bond motifs is 1. The zero-order valence-corrected chi connectivity index (χ0v) is 11.6. The first-order chi connectivity index (χ1) is 9.61. The summed E-state index contributed by atoms with van der Waals surface area (Å²) in [7, 11) is 1.68. The second-order valence-electron chi connectivity index (χ2n) is 4.83. The normalized spacial score (nSPS) is 16.8. The number of nitrogens with zero attached hydrogens (tertiary/aromatic N) is 6. The van der Waals surface area contributed by atoms with Crippen LogP contribution in [0.15, 0.2) is 16.3 Å². The molecule has 0 spiro atoms. The Balaban J connectivity index is 2.07. The fraction of sp³-hybridized carbons (Fsp3) is 0.545. The highest BCUT2D eigenvalue weighted by molar-refractivity contribution is 6.28. The average Bonchev–Trinajstić information content (AvgIpc) is 2.71. The van der Waals surface area contributed by atoms with Crippen LogP contribution in [0.4, 0.5) is 0 Å². The molecule has 0 N–H and O–H groups in total. The summed E-state index contributed by atoms with van der Waals surface area (Å²) in [4.78, 5) is 30.9. The second-order valence-corrected chi connectivity index (χ2v) is 5.16. The van der Waals surface area contributed by atoms with E-state index in [0.717, 1.165) is 0 Å². The van der Waals surface area contributed by atoms with Crippen LogP contribution >= 0.6 is 11.6 Å². The molecule has 1 aliphatic rings. The zero-order valence-electron chi connectivity index (χ0n) is 10.9. The highest BCUT2D eigenvalue weighted by atomic mass is 35.5. The van der Waals surface area contributed by atoms with Crippen LogP contribution in [0.1, 0.15) is 18.9 Å². The van der Waals surface area contributed by atoms with Crippen molar-refractivity contribution in [1.29, 1.82) is 0 Å². The maximum absolute atomic E-state index is 12.4. The molecule has 0 amide bonds. The van der Waals surface area contributed by atoms with Gasteiger partial charge in [0, 0.05) is 26.2 Å². The van der Waals surface area contributed by atoms with Crippen LogP contribution in [-0.4, -0.2) is 37.2 Å². The maximum atomic E-state index is 12.4. The van der Waals surface area contributed by atoms with E-state index >= 15 is 0 Å². The second kappa shape index (κ2) is 4.86. The Morgan fingerprint density at radius 1 is 1.40 bits per heavy atom. The molecule has 8 nitrogen and oxygen atoms in total. The molecule has 0 unspecified atom stereocenters. The van der Waals surface area contributed by atoms with E-state index in [1.807, 2.05) is 0 Å². The van der Waals surface area contributed by atoms with Gasteiger partial charge in [-0.1, -0.05) is 0 Å². The number of rotatable bonds is 2. The van der Waals surface area contributed by atoms with Crippen LogP contribution in [0.3, 0.4) is 0 Å². The molecule has 0 radical (unpaired) electrons. The molecule has 20 heavy (non-hydrogen) atoms. The van der Waals surface area contributed by atoms with E-state index in [1.165, 1.54) is 9.58 Å². The lowest BCUT2D eigenvalue weighted by molar-refractivity contribution is 0.190. The molecule has 3 heterocycles. The molecule has 0 atom stereocenters. The predicted octanol–water partition coefficient (Wildman–Crippen LogP) is 1.10. The average molecular weight is 297 g/mol. The van der Waals surface area contributed by atoms with Gasteiger partial charge >= 0.3 is 5.69 Å². The Morgan fingerprint density at radius 3 is 2.75 bits per heavy atom. The van der Waals surface area contributed by atoms with Gasteiger partial charge in [-0.2, -0.15) is 4.98 Å². The highest BCUT2D eigenvalue weighted by Gasteiger charge is 2.25. The number of aromatic nitrogens is 4. The largest absolute Gasteiger partial charge is 0.330 e. The van der Waals surface area contributed by atoms with Crippen LogP contribution in [-0.2, 0) is 7.05 Å². The smallest absolute Gasteiger partial charge is 0.292 e. The molecule has 1 saturated heterocycles. The molecular weight excluding hydrogens is 284 g/mol. The Bertz CT molecular complexity index is 716. The molecule has 0 saturated carbocycles. The van der Waals surface area contributed by atoms with Crippen molar-refractivity contribution in [3.8, 4) is 0 Å². The first-order valence-corrected chi connectivity index (χ1v) is 6.67. The van der Waals surface area contributed by atoms with Crippen LogP contribution in [0, 0.1) is 4.91 Å². The van der Waals surface area contributed by atoms with Gasteiger partial charge in [-0.3, -0.25) is 14.1 Å². The summed E-state index contributed by atoms with van der Waals surface area (Å²) < 4.78 is 3.15. The van der Waals surface area contributed by atoms with Crippen LogP contribution in [0.5, 0.6) is 0 Å². The number of imidazole rings is 1. The van der Waals surface area contributed by atoms with Gasteiger partial charge in [0.05, 0.1) is 11.5 Å². The number of hydrogen-bond donors (Lipinski definition) is 0. The molecule has 9 heteroatoms. The van der Waals surface area contributed by atoms with E-state index in [2.05, 4.69) is 15.3 Å². The molecule has 106 valence electrons. The van der Waals surface area contributed by atoms with Crippen molar-refractivity contribution >= 4 is 22.8 Å². The molecule has 1 aliphatic heterocycles. The number of nitroso groups, excluding NO2 is 1. The summed E-state index contributed by atoms with van der Waals surface area (Å²) in [6.45, 7) is 1.08. The lowest BCUT2D eigenvalue weighted by Crippen LogP contribution is -2.35. The third-order valence-electron chi connectivity index (χ3n) is 3.72. The molecule has 1 fully saturated rings. The van der Waals surface area contributed by atoms with Gasteiger partial charge in [-0.05, 0) is 24.4 Å². The first-order valence-electron chi connectivity index (χ1n) is 6.29. The molecule has 3 rings (SSSR count). The van der Waals surface area contributed by atoms with Gasteiger partial charge in [0.1, 0.15) is 5.52 Å². The van der Waals surface area contributed by atoms with Crippen molar-refractivity contribution < 1.29 is 0 Å². The van der Waals surface area contributed by atoms with Crippen molar-refractivity contribution in [3.05, 3.63) is 26.9 Å². The minimum atomic E-state index is -0.144. The van der Waals surface area contributed by atoms with Crippen LogP contribution < -0.4 is 5.69 Å². The van der Waals surface area contributed by atoms with Crippen LogP contribution in [0.2, 0.25) is 5.28 Å². The minimum absolute atomic E-state index is 0.00448. The Hall–Kier alpha value is -1.96. The van der Waals surface area contributed by atoms with Gasteiger partial charge in [-0.15, -0.1) is 4.91 Å². The molecular formula is C11H13ClN6O2. The lowest BCUT2D eigenvalue weighted by atomic mass is 10.1. The summed E-state index contributed by atoms with van der Waals surface area (Å²) in [6, 6.07) is -0.00448. The van der Waals surface area contributed by atoms with E-state index in [0.29, 0.717) is 37.1 Å². The lowest BCUT2D eigenvalue weighted by Gasteiger charge is -2.28. The fourth-order valence-corrected chi connectivity index (χ4v) is 2.76. The van der Waals surface area contributed by atoms with E-state index < -0.39 is 0 Å². The summed E-state index contributed by atoms with van der Waals surface area (Å²) in [5, 5.41) is 4.51. The van der Waals surface area contributed by atoms with Gasteiger partial charge in [0.2, 0.25) is 5.28 Å². The third kappa shape index (κ3) is 1.96. The quantitative estimate of drug-likeness (QED) is 0.612. The SMILES string of the molecule is Cn1c(=O)n(C2CCN(N=O)CC2)c2nc(Cl)ncc21. The third-order valence-corrected chi connectivity index (χ3v) is 3.91. The van der Waals surface area contributed by atoms with Gasteiger partial charge < -0.3 is 0 Å². The molecule has 0 aromatic carbocycles. The number of halogens is 1. The fourth-order valence-electron chi connectivity index (χ4n) is 2.64. The highest BCUT2D eigenvalue weighted by Crippen LogP contribution is 2.24. The molecule has 0 bridgehead atoms. The van der Waals surface area contributed by atoms with Crippen molar-refractivity contribution in [2.45, 2.75) is 18.9 Å². The Morgan fingerprint density at radius 2 is 2.10 bits per heavy atom. The van der Waals surface area contributed by atoms with Gasteiger partial charge in [-0.25, -0.2) is 9.78 Å². The van der Waals surface area contributed by atoms with Crippen LogP contribution in [0.25, 0.3) is 11.2 Å². The standard InChI is InChI=1S/C11H13ClN6O2/c1-16-8-6-13-10(12)14-9(8)18(11(16)19)7-2-4-17(15-20)5-3-7/h6-7H,2-5H2,1H3. The Labute approximate surface area is 118 Å². The van der Waals surface area contributed by atoms with E-state index in [9.17, 15) is 9.70 Å². The van der Waals surface area contributed by atoms with Crippen molar-refractivity contribution in [3.63, 3.8) is 0 Å². The van der Waals surface area contributed by atoms with E-state index in [-0.39, 0.29) is 17.0 Å². The van der Waals surface area contributed by atoms with Crippen molar-refractivity contribution in [2.24, 2.45) is 12.3 Å². The monoisotopic (exact) mass is 296 g/mol. The summed E-state index contributed by atoms with van der Waals surface area (Å²) in [6.07, 6.45) is 2.89. The topological polar surface area (TPSA) is 85.4 Å². The summed E-state index contributed by atoms with van der Waals surface area (Å²) >= 11 is 5.83. The van der Waals surface area contributed by atoms with Crippen molar-refractivity contribution in [2.75, 3.05) is 13.1 Å². The first kappa shape index (κ1) is 13.0. The predicted molar refractivity (Wildman–Crippen MR) is 73.4 cm³/mol. The molecule has 2 aromatic heterocycles. The minimum Gasteiger partial charge on any atom is -0.292 e. The summed E-state index contributed by atoms with van der Waals surface area (Å²) in [5.41, 5.74) is 1.04. The number of hydrogen-bond acceptors (Lipinski definition) is 5. The van der Waals surface area contributed by atoms with Crippen molar-refractivity contribution in [1.82, 2.24) is 24.1 Å².